The Labute approximate surface area is 104 Å². The summed E-state index contributed by atoms with van der Waals surface area (Å²) in [7, 11) is 0. The first-order valence-electron chi connectivity index (χ1n) is 5.78. The Bertz CT molecular complexity index is 501. The maximum atomic E-state index is 13.8. The monoisotopic (exact) mass is 251 g/mol. The van der Waals surface area contributed by atoms with Gasteiger partial charge in [-0.1, -0.05) is 12.1 Å². The summed E-state index contributed by atoms with van der Waals surface area (Å²) >= 11 is 0. The smallest absolute Gasteiger partial charge is 0.308 e. The SMILES string of the molecule is Cc1cccc(C(=O)N2CC[C@H](C(=O)O)C2)c1F. The number of halogens is 1. The van der Waals surface area contributed by atoms with Gasteiger partial charge in [0.05, 0.1) is 11.5 Å². The zero-order chi connectivity index (χ0) is 13.3. The molecule has 1 aromatic rings. The predicted molar refractivity (Wildman–Crippen MR) is 62.8 cm³/mol. The molecule has 0 radical (unpaired) electrons. The van der Waals surface area contributed by atoms with E-state index in [1.165, 1.54) is 11.0 Å². The third kappa shape index (κ3) is 2.20. The lowest BCUT2D eigenvalue weighted by molar-refractivity contribution is -0.141. The standard InChI is InChI=1S/C13H14FNO3/c1-8-3-2-4-10(11(8)14)12(16)15-6-5-9(7-15)13(17)18/h2-4,9H,5-7H2,1H3,(H,17,18)/t9-/m0/s1. The Morgan fingerprint density at radius 1 is 1.44 bits per heavy atom. The second-order valence-electron chi connectivity index (χ2n) is 4.51. The average molecular weight is 251 g/mol. The molecule has 0 aliphatic carbocycles. The zero-order valence-corrected chi connectivity index (χ0v) is 10.0. The molecule has 5 heteroatoms. The van der Waals surface area contributed by atoms with Crippen molar-refractivity contribution >= 4 is 11.9 Å². The third-order valence-electron chi connectivity index (χ3n) is 3.25. The number of carboxylic acid groups (broad SMARTS) is 1. The lowest BCUT2D eigenvalue weighted by Crippen LogP contribution is -2.30. The third-order valence-corrected chi connectivity index (χ3v) is 3.25. The first-order valence-corrected chi connectivity index (χ1v) is 5.78. The largest absolute Gasteiger partial charge is 0.481 e. The van der Waals surface area contributed by atoms with Crippen molar-refractivity contribution in [3.63, 3.8) is 0 Å². The molecule has 0 bridgehead atoms. The van der Waals surface area contributed by atoms with Gasteiger partial charge in [-0.05, 0) is 25.0 Å². The quantitative estimate of drug-likeness (QED) is 0.870. The number of likely N-dealkylation sites (tertiary alicyclic amines) is 1. The number of hydrogen-bond acceptors (Lipinski definition) is 2. The van der Waals surface area contributed by atoms with Crippen LogP contribution in [-0.4, -0.2) is 35.0 Å². The fraction of sp³-hybridized carbons (Fsp3) is 0.385. The summed E-state index contributed by atoms with van der Waals surface area (Å²) in [6.07, 6.45) is 0.425. The van der Waals surface area contributed by atoms with E-state index in [4.69, 9.17) is 5.11 Å². The molecule has 0 spiro atoms. The summed E-state index contributed by atoms with van der Waals surface area (Å²) in [5.74, 6) is -2.40. The van der Waals surface area contributed by atoms with E-state index in [2.05, 4.69) is 0 Å². The molecule has 0 unspecified atom stereocenters. The van der Waals surface area contributed by atoms with E-state index in [1.807, 2.05) is 0 Å². The maximum Gasteiger partial charge on any atom is 0.308 e. The molecule has 0 aromatic heterocycles. The van der Waals surface area contributed by atoms with Crippen LogP contribution >= 0.6 is 0 Å². The van der Waals surface area contributed by atoms with E-state index >= 15 is 0 Å². The summed E-state index contributed by atoms with van der Waals surface area (Å²) in [6.45, 7) is 2.11. The van der Waals surface area contributed by atoms with Gasteiger partial charge in [0, 0.05) is 13.1 Å². The second-order valence-corrected chi connectivity index (χ2v) is 4.51. The average Bonchev–Trinajstić information content (AvgIpc) is 2.81. The minimum atomic E-state index is -0.907. The maximum absolute atomic E-state index is 13.8. The van der Waals surface area contributed by atoms with Crippen molar-refractivity contribution in [2.24, 2.45) is 5.92 Å². The first kappa shape index (κ1) is 12.5. The van der Waals surface area contributed by atoms with Crippen LogP contribution in [-0.2, 0) is 4.79 Å². The van der Waals surface area contributed by atoms with E-state index in [-0.39, 0.29) is 12.1 Å². The molecule has 96 valence electrons. The number of carbonyl (C=O) groups excluding carboxylic acids is 1. The van der Waals surface area contributed by atoms with Crippen LogP contribution in [0.5, 0.6) is 0 Å². The molecule has 1 N–H and O–H groups in total. The Morgan fingerprint density at radius 2 is 2.17 bits per heavy atom. The van der Waals surface area contributed by atoms with Gasteiger partial charge in [0.2, 0.25) is 0 Å². The summed E-state index contributed by atoms with van der Waals surface area (Å²) in [5, 5.41) is 8.87. The van der Waals surface area contributed by atoms with Crippen LogP contribution in [0.3, 0.4) is 0 Å². The van der Waals surface area contributed by atoms with Gasteiger partial charge in [-0.15, -0.1) is 0 Å². The lowest BCUT2D eigenvalue weighted by Gasteiger charge is -2.16. The highest BCUT2D eigenvalue weighted by Crippen LogP contribution is 2.21. The Balaban J connectivity index is 2.18. The number of carbonyl (C=O) groups is 2. The molecule has 2 rings (SSSR count). The van der Waals surface area contributed by atoms with Crippen LogP contribution in [0.15, 0.2) is 18.2 Å². The summed E-state index contributed by atoms with van der Waals surface area (Å²) in [5.41, 5.74) is 0.427. The number of hydrogen-bond donors (Lipinski definition) is 1. The van der Waals surface area contributed by atoms with Crippen molar-refractivity contribution in [2.45, 2.75) is 13.3 Å². The molecule has 1 aliphatic rings. The summed E-state index contributed by atoms with van der Waals surface area (Å²) in [6, 6.07) is 4.64. The van der Waals surface area contributed by atoms with Crippen molar-refractivity contribution in [3.05, 3.63) is 35.1 Å². The Kier molecular flexibility index (Phi) is 3.32. The van der Waals surface area contributed by atoms with Gasteiger partial charge < -0.3 is 10.0 Å². The number of carboxylic acids is 1. The van der Waals surface area contributed by atoms with Crippen molar-refractivity contribution in [2.75, 3.05) is 13.1 Å². The highest BCUT2D eigenvalue weighted by atomic mass is 19.1. The van der Waals surface area contributed by atoms with Gasteiger partial charge in [0.15, 0.2) is 0 Å². The van der Waals surface area contributed by atoms with Gasteiger partial charge in [-0.25, -0.2) is 4.39 Å². The first-order chi connectivity index (χ1) is 8.50. The summed E-state index contributed by atoms with van der Waals surface area (Å²) < 4.78 is 13.8. The van der Waals surface area contributed by atoms with Crippen molar-refractivity contribution in [3.8, 4) is 0 Å². The van der Waals surface area contributed by atoms with E-state index < -0.39 is 23.6 Å². The molecule has 0 saturated carbocycles. The van der Waals surface area contributed by atoms with Crippen LogP contribution < -0.4 is 0 Å². The van der Waals surface area contributed by atoms with Crippen LogP contribution in [0.4, 0.5) is 4.39 Å². The fourth-order valence-electron chi connectivity index (χ4n) is 2.13. The van der Waals surface area contributed by atoms with Gasteiger partial charge in [0.25, 0.3) is 5.91 Å². The normalized spacial score (nSPS) is 19.0. The number of benzene rings is 1. The van der Waals surface area contributed by atoms with Crippen LogP contribution in [0, 0.1) is 18.7 Å². The molecule has 1 aliphatic heterocycles. The second kappa shape index (κ2) is 4.76. The topological polar surface area (TPSA) is 57.6 Å². The summed E-state index contributed by atoms with van der Waals surface area (Å²) in [4.78, 5) is 24.3. The molecule has 4 nitrogen and oxygen atoms in total. The van der Waals surface area contributed by atoms with E-state index in [9.17, 15) is 14.0 Å². The Hall–Kier alpha value is -1.91. The number of aliphatic carboxylic acids is 1. The van der Waals surface area contributed by atoms with Crippen molar-refractivity contribution in [1.82, 2.24) is 4.90 Å². The van der Waals surface area contributed by atoms with Gasteiger partial charge >= 0.3 is 5.97 Å². The zero-order valence-electron chi connectivity index (χ0n) is 10.0. The van der Waals surface area contributed by atoms with E-state index in [0.29, 0.717) is 18.5 Å². The number of amides is 1. The highest BCUT2D eigenvalue weighted by molar-refractivity contribution is 5.95. The van der Waals surface area contributed by atoms with Crippen LogP contribution in [0.1, 0.15) is 22.3 Å². The van der Waals surface area contributed by atoms with Gasteiger partial charge in [0.1, 0.15) is 5.82 Å². The number of aryl methyl sites for hydroxylation is 1. The number of rotatable bonds is 2. The molecule has 18 heavy (non-hydrogen) atoms. The molecular weight excluding hydrogens is 237 g/mol. The highest BCUT2D eigenvalue weighted by Gasteiger charge is 2.32. The molecule has 1 fully saturated rings. The van der Waals surface area contributed by atoms with Crippen molar-refractivity contribution < 1.29 is 19.1 Å². The number of nitrogens with zero attached hydrogens (tertiary/aromatic N) is 1. The molecule has 1 amide bonds. The lowest BCUT2D eigenvalue weighted by atomic mass is 10.1. The van der Waals surface area contributed by atoms with E-state index in [1.54, 1.807) is 19.1 Å². The van der Waals surface area contributed by atoms with Gasteiger partial charge in [-0.2, -0.15) is 0 Å². The van der Waals surface area contributed by atoms with Crippen LogP contribution in [0.2, 0.25) is 0 Å². The Morgan fingerprint density at radius 3 is 2.78 bits per heavy atom. The molecule has 1 aromatic carbocycles. The van der Waals surface area contributed by atoms with Gasteiger partial charge in [-0.3, -0.25) is 9.59 Å². The van der Waals surface area contributed by atoms with E-state index in [0.717, 1.165) is 0 Å². The fourth-order valence-corrected chi connectivity index (χ4v) is 2.13. The minimum absolute atomic E-state index is 0.0149. The minimum Gasteiger partial charge on any atom is -0.481 e. The van der Waals surface area contributed by atoms with Crippen LogP contribution in [0.25, 0.3) is 0 Å². The predicted octanol–water partition coefficient (Wildman–Crippen LogP) is 1.68. The molecule has 1 heterocycles. The molecule has 1 atom stereocenters. The molecule has 1 saturated heterocycles. The molecular formula is C13H14FNO3. The van der Waals surface area contributed by atoms with Crippen molar-refractivity contribution in [1.29, 1.82) is 0 Å².